The van der Waals surface area contributed by atoms with Gasteiger partial charge < -0.3 is 13.8 Å². The molecule has 0 aliphatic carbocycles. The maximum Gasteiger partial charge on any atom is 0.534 e. The van der Waals surface area contributed by atoms with Gasteiger partial charge in [0.15, 0.2) is 0 Å². The van der Waals surface area contributed by atoms with Crippen molar-refractivity contribution in [2.24, 2.45) is 5.92 Å². The predicted molar refractivity (Wildman–Crippen MR) is 90.6 cm³/mol. The van der Waals surface area contributed by atoms with E-state index in [9.17, 15) is 21.6 Å². The predicted octanol–water partition coefficient (Wildman–Crippen LogP) is 2.63. The van der Waals surface area contributed by atoms with Crippen molar-refractivity contribution in [1.29, 1.82) is 5.26 Å². The van der Waals surface area contributed by atoms with E-state index >= 15 is 0 Å². The molecule has 150 valence electrons. The fourth-order valence-corrected chi connectivity index (χ4v) is 3.16. The van der Waals surface area contributed by atoms with Crippen LogP contribution in [0.5, 0.6) is 5.88 Å². The van der Waals surface area contributed by atoms with Gasteiger partial charge in [-0.3, -0.25) is 0 Å². The van der Waals surface area contributed by atoms with Crippen LogP contribution in [0.25, 0.3) is 0 Å². The molecule has 2 heterocycles. The summed E-state index contributed by atoms with van der Waals surface area (Å²) in [6.45, 7) is 1.29. The summed E-state index contributed by atoms with van der Waals surface area (Å²) in [4.78, 5) is 5.52. The van der Waals surface area contributed by atoms with Crippen molar-refractivity contribution in [3.05, 3.63) is 17.8 Å². The fourth-order valence-electron chi connectivity index (χ4n) is 2.73. The normalized spacial score (nSPS) is 16.2. The molecule has 1 fully saturated rings. The van der Waals surface area contributed by atoms with Crippen LogP contribution >= 0.6 is 0 Å². The monoisotopic (exact) mass is 407 g/mol. The SMILES string of the molecule is COCCCc1cnc(OS(=O)(=O)C(F)(F)F)c(N2CCC(C#N)CC2)c1. The minimum absolute atomic E-state index is 0.137. The van der Waals surface area contributed by atoms with E-state index in [2.05, 4.69) is 15.2 Å². The molecule has 2 rings (SSSR count). The largest absolute Gasteiger partial charge is 0.534 e. The smallest absolute Gasteiger partial charge is 0.385 e. The molecule has 0 radical (unpaired) electrons. The molecule has 0 unspecified atom stereocenters. The number of methoxy groups -OCH3 is 1. The number of ether oxygens (including phenoxy) is 1. The van der Waals surface area contributed by atoms with E-state index in [-0.39, 0.29) is 11.6 Å². The van der Waals surface area contributed by atoms with Crippen LogP contribution in [0, 0.1) is 17.2 Å². The highest BCUT2D eigenvalue weighted by molar-refractivity contribution is 7.88. The van der Waals surface area contributed by atoms with E-state index in [1.54, 1.807) is 18.1 Å². The number of pyridine rings is 1. The van der Waals surface area contributed by atoms with Gasteiger partial charge in [0, 0.05) is 38.9 Å². The number of halogens is 3. The zero-order chi connectivity index (χ0) is 20.1. The van der Waals surface area contributed by atoms with Crippen LogP contribution in [-0.2, 0) is 21.3 Å². The lowest BCUT2D eigenvalue weighted by molar-refractivity contribution is -0.0501. The van der Waals surface area contributed by atoms with Crippen LogP contribution in [0.15, 0.2) is 12.3 Å². The van der Waals surface area contributed by atoms with Gasteiger partial charge >= 0.3 is 15.6 Å². The van der Waals surface area contributed by atoms with E-state index in [1.165, 1.54) is 6.20 Å². The molecule has 1 aromatic heterocycles. The third-order valence-corrected chi connectivity index (χ3v) is 5.14. The van der Waals surface area contributed by atoms with Gasteiger partial charge in [0.25, 0.3) is 5.88 Å². The lowest BCUT2D eigenvalue weighted by atomic mass is 9.98. The Morgan fingerprint density at radius 1 is 1.37 bits per heavy atom. The van der Waals surface area contributed by atoms with Crippen LogP contribution in [0.4, 0.5) is 18.9 Å². The Morgan fingerprint density at radius 3 is 2.59 bits per heavy atom. The van der Waals surface area contributed by atoms with Gasteiger partial charge in [0.1, 0.15) is 5.69 Å². The molecule has 0 spiro atoms. The first-order valence-corrected chi connectivity index (χ1v) is 9.72. The number of aromatic nitrogens is 1. The van der Waals surface area contributed by atoms with Crippen molar-refractivity contribution in [1.82, 2.24) is 4.98 Å². The van der Waals surface area contributed by atoms with E-state index in [0.29, 0.717) is 45.4 Å². The molecular formula is C16H20F3N3O4S. The summed E-state index contributed by atoms with van der Waals surface area (Å²) in [6.07, 6.45) is 3.58. The van der Waals surface area contributed by atoms with Crippen LogP contribution in [0.3, 0.4) is 0 Å². The van der Waals surface area contributed by atoms with Crippen molar-refractivity contribution in [2.75, 3.05) is 31.7 Å². The Kier molecular flexibility index (Phi) is 6.89. The van der Waals surface area contributed by atoms with Crippen LogP contribution in [0.1, 0.15) is 24.8 Å². The molecule has 27 heavy (non-hydrogen) atoms. The van der Waals surface area contributed by atoms with Gasteiger partial charge in [0.2, 0.25) is 0 Å². The van der Waals surface area contributed by atoms with Crippen molar-refractivity contribution in [3.63, 3.8) is 0 Å². The Balaban J connectivity index is 2.30. The molecule has 0 aromatic carbocycles. The first kappa shape index (κ1) is 21.2. The van der Waals surface area contributed by atoms with E-state index in [0.717, 1.165) is 5.56 Å². The first-order valence-electron chi connectivity index (χ1n) is 8.31. The average molecular weight is 407 g/mol. The molecule has 1 aliphatic heterocycles. The summed E-state index contributed by atoms with van der Waals surface area (Å²) in [5.41, 5.74) is -4.65. The van der Waals surface area contributed by atoms with Crippen LogP contribution in [-0.4, -0.2) is 45.7 Å². The highest BCUT2D eigenvalue weighted by Crippen LogP contribution is 2.34. The summed E-state index contributed by atoms with van der Waals surface area (Å²) in [6, 6.07) is 3.74. The van der Waals surface area contributed by atoms with Gasteiger partial charge in [-0.15, -0.1) is 0 Å². The highest BCUT2D eigenvalue weighted by atomic mass is 32.2. The lowest BCUT2D eigenvalue weighted by Crippen LogP contribution is -2.35. The van der Waals surface area contributed by atoms with Crippen molar-refractivity contribution < 1.29 is 30.5 Å². The summed E-state index contributed by atoms with van der Waals surface area (Å²) >= 11 is 0. The van der Waals surface area contributed by atoms with Gasteiger partial charge in [-0.2, -0.15) is 26.9 Å². The van der Waals surface area contributed by atoms with Gasteiger partial charge in [-0.1, -0.05) is 0 Å². The molecule has 11 heteroatoms. The second kappa shape index (κ2) is 8.75. The Labute approximate surface area is 155 Å². The third-order valence-electron chi connectivity index (χ3n) is 4.19. The first-order chi connectivity index (χ1) is 12.7. The Morgan fingerprint density at radius 2 is 2.04 bits per heavy atom. The fraction of sp³-hybridized carbons (Fsp3) is 0.625. The number of hydrogen-bond acceptors (Lipinski definition) is 7. The summed E-state index contributed by atoms with van der Waals surface area (Å²) in [5.74, 6) is -0.749. The minimum atomic E-state index is -5.82. The maximum atomic E-state index is 12.7. The molecule has 7 nitrogen and oxygen atoms in total. The summed E-state index contributed by atoms with van der Waals surface area (Å²) < 4.78 is 70.0. The molecular weight excluding hydrogens is 387 g/mol. The van der Waals surface area contributed by atoms with Crippen LogP contribution < -0.4 is 9.08 Å². The minimum Gasteiger partial charge on any atom is -0.385 e. The second-order valence-corrected chi connectivity index (χ2v) is 7.68. The maximum absolute atomic E-state index is 12.7. The van der Waals surface area contributed by atoms with Crippen molar-refractivity contribution >= 4 is 15.8 Å². The number of nitrogens with zero attached hydrogens (tertiary/aromatic N) is 3. The quantitative estimate of drug-likeness (QED) is 0.390. The molecule has 1 aliphatic rings. The molecule has 0 N–H and O–H groups in total. The van der Waals surface area contributed by atoms with E-state index < -0.39 is 21.5 Å². The summed E-state index contributed by atoms with van der Waals surface area (Å²) in [7, 11) is -4.27. The molecule has 1 saturated heterocycles. The number of aryl methyl sites for hydroxylation is 1. The number of anilines is 1. The molecule has 0 bridgehead atoms. The van der Waals surface area contributed by atoms with Gasteiger partial charge in [-0.25, -0.2) is 4.98 Å². The van der Waals surface area contributed by atoms with Gasteiger partial charge in [0.05, 0.1) is 6.07 Å². The number of rotatable bonds is 7. The number of nitriles is 1. The Hall–Kier alpha value is -2.06. The van der Waals surface area contributed by atoms with Crippen molar-refractivity contribution in [3.8, 4) is 11.9 Å². The molecule has 1 aromatic rings. The average Bonchev–Trinajstić information content (AvgIpc) is 2.62. The Bertz CT molecular complexity index is 785. The number of hydrogen-bond donors (Lipinski definition) is 0. The highest BCUT2D eigenvalue weighted by Gasteiger charge is 2.49. The van der Waals surface area contributed by atoms with Crippen LogP contribution in [0.2, 0.25) is 0 Å². The zero-order valence-electron chi connectivity index (χ0n) is 14.7. The molecule has 0 atom stereocenters. The second-order valence-electron chi connectivity index (χ2n) is 6.14. The van der Waals surface area contributed by atoms with Crippen molar-refractivity contribution in [2.45, 2.75) is 31.2 Å². The standard InChI is InChI=1S/C16H20F3N3O4S/c1-25-8-2-3-13-9-14(22-6-4-12(10-20)5-7-22)15(21-11-13)26-27(23,24)16(17,18)19/h9,11-12H,2-8H2,1H3. The number of alkyl halides is 3. The molecule has 0 amide bonds. The third kappa shape index (κ3) is 5.46. The zero-order valence-corrected chi connectivity index (χ0v) is 15.5. The van der Waals surface area contributed by atoms with Gasteiger partial charge in [-0.05, 0) is 37.3 Å². The van der Waals surface area contributed by atoms with E-state index in [1.807, 2.05) is 0 Å². The number of piperidine rings is 1. The summed E-state index contributed by atoms with van der Waals surface area (Å²) in [5, 5.41) is 8.99. The molecule has 0 saturated carbocycles. The lowest BCUT2D eigenvalue weighted by Gasteiger charge is -2.31. The topological polar surface area (TPSA) is 92.5 Å². The van der Waals surface area contributed by atoms with E-state index in [4.69, 9.17) is 10.00 Å².